The van der Waals surface area contributed by atoms with E-state index in [4.69, 9.17) is 16.1 Å². The van der Waals surface area contributed by atoms with Crippen LogP contribution in [0.4, 0.5) is 5.69 Å². The average molecular weight is 611 g/mol. The van der Waals surface area contributed by atoms with Crippen molar-refractivity contribution in [3.05, 3.63) is 107 Å². The number of aryl methyl sites for hydroxylation is 2. The molecule has 1 aliphatic rings. The number of carbonyl (C=O) groups is 2. The van der Waals surface area contributed by atoms with E-state index in [0.717, 1.165) is 35.2 Å². The highest BCUT2D eigenvalue weighted by Crippen LogP contribution is 2.41. The Morgan fingerprint density at radius 3 is 2.52 bits per heavy atom. The molecule has 3 heterocycles. The monoisotopic (exact) mass is 610 g/mol. The molecule has 44 heavy (non-hydrogen) atoms. The number of halogens is 1. The Bertz CT molecular complexity index is 1810. The topological polar surface area (TPSA) is 135 Å². The lowest BCUT2D eigenvalue weighted by Gasteiger charge is -2.20. The fourth-order valence-corrected chi connectivity index (χ4v) is 5.31. The van der Waals surface area contributed by atoms with Crippen molar-refractivity contribution in [3.63, 3.8) is 0 Å². The minimum absolute atomic E-state index is 0.115. The standard InChI is InChI=1S/C33H31ClN6O4/c1-19-26(17-44-39-19)32(42)38-29(33(43)37-25-8-5-20(6-9-25)30-16-35-18-40(30)2)15-24-13-22(7-10-27(24)34)23-11-12-36-28(14-23)31(41)21-3-4-21/h5-14,16-18,21,29,31,41H,3-4,15H2,1-2H3,(H,37,43)(H,38,42). The summed E-state index contributed by atoms with van der Waals surface area (Å²) in [5, 5.41) is 20.6. The van der Waals surface area contributed by atoms with Gasteiger partial charge in [0.15, 0.2) is 0 Å². The molecule has 0 saturated heterocycles. The number of rotatable bonds is 10. The number of nitrogens with one attached hydrogen (secondary N) is 2. The van der Waals surface area contributed by atoms with Crippen molar-refractivity contribution >= 4 is 29.1 Å². The fourth-order valence-electron chi connectivity index (χ4n) is 5.12. The van der Waals surface area contributed by atoms with Gasteiger partial charge in [-0.05, 0) is 84.3 Å². The number of hydrogen-bond acceptors (Lipinski definition) is 7. The van der Waals surface area contributed by atoms with Crippen LogP contribution in [-0.2, 0) is 18.3 Å². The number of benzene rings is 2. The van der Waals surface area contributed by atoms with Gasteiger partial charge in [0.05, 0.1) is 35.7 Å². The molecule has 6 rings (SSSR count). The van der Waals surface area contributed by atoms with Gasteiger partial charge < -0.3 is 24.8 Å². The van der Waals surface area contributed by atoms with Crippen LogP contribution in [0.2, 0.25) is 5.02 Å². The van der Waals surface area contributed by atoms with Crippen molar-refractivity contribution < 1.29 is 19.2 Å². The van der Waals surface area contributed by atoms with E-state index in [1.165, 1.54) is 6.26 Å². The fraction of sp³-hybridized carbons (Fsp3) is 0.242. The molecular weight excluding hydrogens is 580 g/mol. The van der Waals surface area contributed by atoms with Crippen LogP contribution in [-0.4, -0.2) is 42.7 Å². The molecule has 2 atom stereocenters. The minimum Gasteiger partial charge on any atom is -0.387 e. The quantitative estimate of drug-likeness (QED) is 0.189. The Morgan fingerprint density at radius 2 is 1.84 bits per heavy atom. The van der Waals surface area contributed by atoms with Gasteiger partial charge in [0, 0.05) is 30.4 Å². The minimum atomic E-state index is -0.981. The number of aliphatic hydroxyl groups is 1. The second-order valence-electron chi connectivity index (χ2n) is 11.1. The van der Waals surface area contributed by atoms with Crippen LogP contribution in [0.1, 0.15) is 46.3 Å². The van der Waals surface area contributed by atoms with Crippen LogP contribution in [0.3, 0.4) is 0 Å². The van der Waals surface area contributed by atoms with E-state index >= 15 is 0 Å². The lowest BCUT2D eigenvalue weighted by Crippen LogP contribution is -2.45. The van der Waals surface area contributed by atoms with Gasteiger partial charge >= 0.3 is 0 Å². The third-order valence-electron chi connectivity index (χ3n) is 7.84. The third kappa shape index (κ3) is 6.41. The lowest BCUT2D eigenvalue weighted by atomic mass is 9.98. The maximum atomic E-state index is 13.7. The first-order valence-electron chi connectivity index (χ1n) is 14.3. The molecule has 3 N–H and O–H groups in total. The first-order valence-corrected chi connectivity index (χ1v) is 14.7. The van der Waals surface area contributed by atoms with Crippen LogP contribution < -0.4 is 10.6 Å². The smallest absolute Gasteiger partial charge is 0.257 e. The van der Waals surface area contributed by atoms with Gasteiger partial charge in [-0.15, -0.1) is 0 Å². The summed E-state index contributed by atoms with van der Waals surface area (Å²) in [4.78, 5) is 35.4. The molecule has 1 saturated carbocycles. The molecule has 0 aliphatic heterocycles. The number of aliphatic hydroxyl groups excluding tert-OH is 1. The van der Waals surface area contributed by atoms with Crippen molar-refractivity contribution in [1.29, 1.82) is 0 Å². The third-order valence-corrected chi connectivity index (χ3v) is 8.21. The molecule has 0 spiro atoms. The summed E-state index contributed by atoms with van der Waals surface area (Å²) in [5.41, 5.74) is 6.12. The van der Waals surface area contributed by atoms with Crippen LogP contribution in [0.25, 0.3) is 22.4 Å². The number of carbonyl (C=O) groups excluding carboxylic acids is 2. The Hall–Kier alpha value is -4.80. The molecule has 0 radical (unpaired) electrons. The highest BCUT2D eigenvalue weighted by Gasteiger charge is 2.32. The molecule has 1 fully saturated rings. The molecule has 5 aromatic rings. The van der Waals surface area contributed by atoms with E-state index in [1.54, 1.807) is 43.8 Å². The van der Waals surface area contributed by atoms with Crippen molar-refractivity contribution in [2.45, 2.75) is 38.3 Å². The second kappa shape index (κ2) is 12.4. The van der Waals surface area contributed by atoms with Gasteiger partial charge in [0.2, 0.25) is 5.91 Å². The number of pyridine rings is 1. The lowest BCUT2D eigenvalue weighted by molar-refractivity contribution is -0.118. The van der Waals surface area contributed by atoms with Crippen molar-refractivity contribution in [2.75, 3.05) is 5.32 Å². The molecule has 3 aromatic heterocycles. The summed E-state index contributed by atoms with van der Waals surface area (Å²) in [6.45, 7) is 1.65. The van der Waals surface area contributed by atoms with Crippen LogP contribution in [0.5, 0.6) is 0 Å². The van der Waals surface area contributed by atoms with E-state index in [0.29, 0.717) is 27.7 Å². The summed E-state index contributed by atoms with van der Waals surface area (Å²) < 4.78 is 6.85. The van der Waals surface area contributed by atoms with Gasteiger partial charge in [-0.1, -0.05) is 35.0 Å². The van der Waals surface area contributed by atoms with Gasteiger partial charge in [-0.3, -0.25) is 14.6 Å². The van der Waals surface area contributed by atoms with Gasteiger partial charge in [-0.2, -0.15) is 0 Å². The van der Waals surface area contributed by atoms with E-state index in [1.807, 2.05) is 48.0 Å². The zero-order valence-corrected chi connectivity index (χ0v) is 25.0. The highest BCUT2D eigenvalue weighted by molar-refractivity contribution is 6.31. The van der Waals surface area contributed by atoms with E-state index in [9.17, 15) is 14.7 Å². The van der Waals surface area contributed by atoms with E-state index in [2.05, 4.69) is 25.8 Å². The first-order chi connectivity index (χ1) is 21.3. The Labute approximate surface area is 259 Å². The van der Waals surface area contributed by atoms with Gasteiger partial charge in [-0.25, -0.2) is 4.98 Å². The summed E-state index contributed by atoms with van der Waals surface area (Å²) in [6.07, 6.45) is 7.94. The Balaban J connectivity index is 1.25. The van der Waals surface area contributed by atoms with Crippen molar-refractivity contribution in [2.24, 2.45) is 13.0 Å². The normalized spacial score (nSPS) is 14.2. The number of amides is 2. The molecule has 0 bridgehead atoms. The van der Waals surface area contributed by atoms with E-state index in [-0.39, 0.29) is 17.9 Å². The Morgan fingerprint density at radius 1 is 1.09 bits per heavy atom. The molecule has 11 heteroatoms. The zero-order valence-electron chi connectivity index (χ0n) is 24.2. The first kappa shape index (κ1) is 29.3. The van der Waals surface area contributed by atoms with E-state index < -0.39 is 24.0 Å². The number of hydrogen-bond donors (Lipinski definition) is 3. The summed E-state index contributed by atoms with van der Waals surface area (Å²) in [6, 6.07) is 15.7. The molecule has 2 amide bonds. The number of aromatic nitrogens is 4. The number of anilines is 1. The Kier molecular flexibility index (Phi) is 8.28. The maximum absolute atomic E-state index is 13.7. The summed E-state index contributed by atoms with van der Waals surface area (Å²) in [5.74, 6) is -0.654. The van der Waals surface area contributed by atoms with Crippen LogP contribution in [0.15, 0.2) is 84.1 Å². The van der Waals surface area contributed by atoms with Crippen molar-refractivity contribution in [1.82, 2.24) is 25.0 Å². The highest BCUT2D eigenvalue weighted by atomic mass is 35.5. The molecule has 10 nitrogen and oxygen atoms in total. The number of imidazole rings is 1. The van der Waals surface area contributed by atoms with Crippen LogP contribution >= 0.6 is 11.6 Å². The zero-order chi connectivity index (χ0) is 30.8. The maximum Gasteiger partial charge on any atom is 0.257 e. The molecule has 2 unspecified atom stereocenters. The van der Waals surface area contributed by atoms with Crippen molar-refractivity contribution in [3.8, 4) is 22.4 Å². The van der Waals surface area contributed by atoms with Crippen LogP contribution in [0, 0.1) is 12.8 Å². The van der Waals surface area contributed by atoms with Gasteiger partial charge in [0.1, 0.15) is 17.9 Å². The molecular formula is C33H31ClN6O4. The second-order valence-corrected chi connectivity index (χ2v) is 11.5. The molecule has 224 valence electrons. The SMILES string of the molecule is Cc1nocc1C(=O)NC(Cc1cc(-c2ccnc(C(O)C3CC3)c2)ccc1Cl)C(=O)Nc1ccc(-c2cncn2C)cc1. The average Bonchev–Trinajstić information content (AvgIpc) is 3.65. The molecule has 2 aromatic carbocycles. The largest absolute Gasteiger partial charge is 0.387 e. The summed E-state index contributed by atoms with van der Waals surface area (Å²) >= 11 is 6.64. The number of nitrogens with zero attached hydrogens (tertiary/aromatic N) is 4. The summed E-state index contributed by atoms with van der Waals surface area (Å²) in [7, 11) is 1.91. The molecule has 1 aliphatic carbocycles. The predicted molar refractivity (Wildman–Crippen MR) is 166 cm³/mol. The predicted octanol–water partition coefficient (Wildman–Crippen LogP) is 5.52. The van der Waals surface area contributed by atoms with Gasteiger partial charge in [0.25, 0.3) is 5.91 Å².